The van der Waals surface area contributed by atoms with Crippen molar-refractivity contribution in [3.05, 3.63) is 70.8 Å². The molecule has 4 N–H and O–H groups in total. The molecule has 0 radical (unpaired) electrons. The number of amidine groups is 1. The van der Waals surface area contributed by atoms with Gasteiger partial charge in [0.1, 0.15) is 5.84 Å². The minimum atomic E-state index is -0.776. The maximum atomic E-state index is 10.6. The van der Waals surface area contributed by atoms with Gasteiger partial charge in [-0.2, -0.15) is 0 Å². The van der Waals surface area contributed by atoms with Crippen molar-refractivity contribution in [2.24, 2.45) is 5.73 Å². The molecule has 2 atom stereocenters. The predicted octanol–water partition coefficient (Wildman–Crippen LogP) is 3.58. The third-order valence-electron chi connectivity index (χ3n) is 4.59. The topological polar surface area (TPSA) is 96.4 Å². The highest BCUT2D eigenvalue weighted by atomic mass is 16.5. The molecule has 5 heteroatoms. The van der Waals surface area contributed by atoms with Gasteiger partial charge in [0.25, 0.3) is 0 Å². The number of hydrogen-bond acceptors (Lipinski definition) is 3. The fraction of sp³-hybridized carbons (Fsp3) is 0.300. The molecule has 2 aromatic rings. The summed E-state index contributed by atoms with van der Waals surface area (Å²) in [5.41, 5.74) is 9.46. The molecule has 1 aliphatic rings. The van der Waals surface area contributed by atoms with Crippen molar-refractivity contribution >= 4 is 11.8 Å². The lowest BCUT2D eigenvalue weighted by Gasteiger charge is -2.15. The van der Waals surface area contributed by atoms with E-state index in [1.807, 2.05) is 48.5 Å². The zero-order valence-corrected chi connectivity index (χ0v) is 13.9. The van der Waals surface area contributed by atoms with Crippen LogP contribution in [-0.2, 0) is 16.0 Å². The van der Waals surface area contributed by atoms with Gasteiger partial charge in [-0.25, -0.2) is 0 Å². The van der Waals surface area contributed by atoms with E-state index >= 15 is 0 Å². The second-order valence-electron chi connectivity index (χ2n) is 6.36. The molecule has 5 nitrogen and oxygen atoms in total. The average molecular weight is 338 g/mol. The van der Waals surface area contributed by atoms with Crippen molar-refractivity contribution in [2.45, 2.75) is 37.9 Å². The maximum Gasteiger partial charge on any atom is 0.303 e. The van der Waals surface area contributed by atoms with Crippen molar-refractivity contribution < 1.29 is 14.6 Å². The monoisotopic (exact) mass is 338 g/mol. The number of ether oxygens (including phenoxy) is 1. The molecule has 0 aromatic heterocycles. The lowest BCUT2D eigenvalue weighted by Crippen LogP contribution is -2.11. The number of carbonyl (C=O) groups is 1. The van der Waals surface area contributed by atoms with Gasteiger partial charge in [-0.05, 0) is 36.0 Å². The number of nitrogen functional groups attached to an aromatic ring is 1. The summed E-state index contributed by atoms with van der Waals surface area (Å²) in [5.74, 6) is -0.707. The minimum absolute atomic E-state index is 0.0534. The fourth-order valence-corrected chi connectivity index (χ4v) is 3.16. The van der Waals surface area contributed by atoms with Crippen molar-refractivity contribution in [3.8, 4) is 0 Å². The number of carboxylic acids is 1. The highest BCUT2D eigenvalue weighted by molar-refractivity contribution is 5.94. The Balaban J connectivity index is 1.62. The van der Waals surface area contributed by atoms with Crippen LogP contribution in [0.3, 0.4) is 0 Å². The minimum Gasteiger partial charge on any atom is -0.481 e. The highest BCUT2D eigenvalue weighted by Crippen LogP contribution is 2.40. The summed E-state index contributed by atoms with van der Waals surface area (Å²) < 4.78 is 6.19. The van der Waals surface area contributed by atoms with Gasteiger partial charge in [0.2, 0.25) is 0 Å². The Morgan fingerprint density at radius 3 is 2.04 bits per heavy atom. The molecule has 0 bridgehead atoms. The molecule has 3 rings (SSSR count). The van der Waals surface area contributed by atoms with Gasteiger partial charge in [0.05, 0.1) is 12.2 Å². The Morgan fingerprint density at radius 1 is 1.04 bits per heavy atom. The lowest BCUT2D eigenvalue weighted by atomic mass is 10.0. The number of aliphatic carboxylic acids is 1. The number of benzene rings is 2. The van der Waals surface area contributed by atoms with Crippen molar-refractivity contribution in [2.75, 3.05) is 0 Å². The molecule has 130 valence electrons. The van der Waals surface area contributed by atoms with E-state index in [1.165, 1.54) is 0 Å². The second-order valence-corrected chi connectivity index (χ2v) is 6.36. The first kappa shape index (κ1) is 17.2. The first-order valence-corrected chi connectivity index (χ1v) is 8.43. The van der Waals surface area contributed by atoms with Crippen molar-refractivity contribution in [3.63, 3.8) is 0 Å². The Labute approximate surface area is 146 Å². The summed E-state index contributed by atoms with van der Waals surface area (Å²) in [4.78, 5) is 10.6. The Kier molecular flexibility index (Phi) is 5.14. The first-order chi connectivity index (χ1) is 12.0. The molecule has 2 unspecified atom stereocenters. The van der Waals surface area contributed by atoms with Gasteiger partial charge < -0.3 is 15.6 Å². The summed E-state index contributed by atoms with van der Waals surface area (Å²) in [6, 6.07) is 15.7. The summed E-state index contributed by atoms with van der Waals surface area (Å²) in [6.07, 6.45) is 2.71. The molecule has 2 aromatic carbocycles. The van der Waals surface area contributed by atoms with Crippen LogP contribution in [0.5, 0.6) is 0 Å². The number of rotatable bonds is 6. The van der Waals surface area contributed by atoms with Crippen LogP contribution in [0.15, 0.2) is 48.5 Å². The molecule has 0 aliphatic carbocycles. The van der Waals surface area contributed by atoms with Crippen LogP contribution in [0.25, 0.3) is 0 Å². The van der Waals surface area contributed by atoms with E-state index in [-0.39, 0.29) is 24.5 Å². The van der Waals surface area contributed by atoms with Crippen molar-refractivity contribution in [1.29, 1.82) is 5.41 Å². The molecular formula is C20H22N2O3. The standard InChI is InChI=1S/C20H22N2O3/c21-20(22)16-8-6-15(7-9-16)18-11-10-17(25-18)14-4-1-13(2-5-14)3-12-19(23)24/h1-2,4-9,17-18H,3,10-12H2,(H3,21,22)(H,23,24). The first-order valence-electron chi connectivity index (χ1n) is 8.43. The zero-order chi connectivity index (χ0) is 17.8. The summed E-state index contributed by atoms with van der Waals surface area (Å²) >= 11 is 0. The van der Waals surface area contributed by atoms with Crippen molar-refractivity contribution in [1.82, 2.24) is 0 Å². The van der Waals surface area contributed by atoms with Crippen LogP contribution in [0.1, 0.15) is 53.7 Å². The molecular weight excluding hydrogens is 316 g/mol. The van der Waals surface area contributed by atoms with Crippen LogP contribution in [0, 0.1) is 5.41 Å². The van der Waals surface area contributed by atoms with Gasteiger partial charge in [0, 0.05) is 12.0 Å². The van der Waals surface area contributed by atoms with Gasteiger partial charge in [-0.3, -0.25) is 10.2 Å². The largest absolute Gasteiger partial charge is 0.481 e. The molecule has 0 spiro atoms. The number of carboxylic acid groups (broad SMARTS) is 1. The van der Waals surface area contributed by atoms with E-state index in [4.69, 9.17) is 21.0 Å². The number of nitrogens with two attached hydrogens (primary N) is 1. The zero-order valence-electron chi connectivity index (χ0n) is 13.9. The smallest absolute Gasteiger partial charge is 0.303 e. The Bertz CT molecular complexity index is 754. The molecule has 1 saturated heterocycles. The normalized spacial score (nSPS) is 19.7. The van der Waals surface area contributed by atoms with Crippen LogP contribution in [0.4, 0.5) is 0 Å². The Hall–Kier alpha value is -2.66. The van der Waals surface area contributed by atoms with Crippen LogP contribution < -0.4 is 5.73 Å². The predicted molar refractivity (Wildman–Crippen MR) is 95.7 cm³/mol. The molecule has 0 amide bonds. The average Bonchev–Trinajstić information content (AvgIpc) is 3.10. The van der Waals surface area contributed by atoms with Crippen LogP contribution in [0.2, 0.25) is 0 Å². The quantitative estimate of drug-likeness (QED) is 0.554. The SMILES string of the molecule is N=C(N)c1ccc(C2CCC(c3ccc(CCC(=O)O)cc3)O2)cc1. The fourth-order valence-electron chi connectivity index (χ4n) is 3.16. The van der Waals surface area contributed by atoms with E-state index in [0.717, 1.165) is 35.1 Å². The second kappa shape index (κ2) is 7.49. The van der Waals surface area contributed by atoms with Gasteiger partial charge in [-0.1, -0.05) is 48.5 Å². The Morgan fingerprint density at radius 2 is 1.56 bits per heavy atom. The number of aryl methyl sites for hydroxylation is 1. The van der Waals surface area contributed by atoms with E-state index < -0.39 is 5.97 Å². The molecule has 1 heterocycles. The molecule has 1 aliphatic heterocycles. The summed E-state index contributed by atoms with van der Waals surface area (Å²) in [6.45, 7) is 0. The van der Waals surface area contributed by atoms with E-state index in [1.54, 1.807) is 0 Å². The van der Waals surface area contributed by atoms with Gasteiger partial charge in [0.15, 0.2) is 0 Å². The third-order valence-corrected chi connectivity index (χ3v) is 4.59. The molecule has 0 saturated carbocycles. The highest BCUT2D eigenvalue weighted by Gasteiger charge is 2.27. The summed E-state index contributed by atoms with van der Waals surface area (Å²) in [7, 11) is 0. The number of nitrogens with one attached hydrogen (secondary N) is 1. The van der Waals surface area contributed by atoms with Crippen LogP contribution >= 0.6 is 0 Å². The molecule has 1 fully saturated rings. The van der Waals surface area contributed by atoms with Crippen LogP contribution in [-0.4, -0.2) is 16.9 Å². The summed E-state index contributed by atoms with van der Waals surface area (Å²) in [5, 5.41) is 16.2. The van der Waals surface area contributed by atoms with E-state index in [2.05, 4.69) is 0 Å². The number of hydrogen-bond donors (Lipinski definition) is 3. The van der Waals surface area contributed by atoms with E-state index in [9.17, 15) is 4.79 Å². The third kappa shape index (κ3) is 4.25. The van der Waals surface area contributed by atoms with E-state index in [0.29, 0.717) is 6.42 Å². The maximum absolute atomic E-state index is 10.6. The lowest BCUT2D eigenvalue weighted by molar-refractivity contribution is -0.136. The van der Waals surface area contributed by atoms with Gasteiger partial charge >= 0.3 is 5.97 Å². The van der Waals surface area contributed by atoms with Gasteiger partial charge in [-0.15, -0.1) is 0 Å². The molecule has 25 heavy (non-hydrogen) atoms.